The van der Waals surface area contributed by atoms with Gasteiger partial charge in [-0.2, -0.15) is 4.98 Å². The molecule has 1 aromatic heterocycles. The Morgan fingerprint density at radius 2 is 1.95 bits per heavy atom. The van der Waals surface area contributed by atoms with Gasteiger partial charge in [-0.1, -0.05) is 0 Å². The van der Waals surface area contributed by atoms with E-state index >= 15 is 0 Å². The molecule has 1 aromatic carbocycles. The zero-order valence-corrected chi connectivity index (χ0v) is 11.1. The largest absolute Gasteiger partial charge is 0.492 e. The predicted octanol–water partition coefficient (Wildman–Crippen LogP) is 1.52. The minimum Gasteiger partial charge on any atom is -0.492 e. The number of nitrogen functional groups attached to an aromatic ring is 1. The van der Waals surface area contributed by atoms with E-state index in [1.807, 2.05) is 19.9 Å². The Balaban J connectivity index is 2.00. The van der Waals surface area contributed by atoms with Crippen LogP contribution in [0.4, 0.5) is 5.69 Å². The van der Waals surface area contributed by atoms with Gasteiger partial charge in [-0.3, -0.25) is 4.57 Å². The smallest absolute Gasteiger partial charge is 0.348 e. The van der Waals surface area contributed by atoms with Gasteiger partial charge in [-0.25, -0.2) is 4.79 Å². The summed E-state index contributed by atoms with van der Waals surface area (Å²) in [5, 5.41) is 0. The summed E-state index contributed by atoms with van der Waals surface area (Å²) in [6, 6.07) is 9.04. The summed E-state index contributed by atoms with van der Waals surface area (Å²) in [5.41, 5.74) is 7.67. The van der Waals surface area contributed by atoms with Crippen LogP contribution < -0.4 is 16.2 Å². The molecule has 5 heteroatoms. The van der Waals surface area contributed by atoms with Crippen molar-refractivity contribution in [3.63, 3.8) is 0 Å². The van der Waals surface area contributed by atoms with Gasteiger partial charge in [-0.05, 0) is 44.2 Å². The van der Waals surface area contributed by atoms with Gasteiger partial charge >= 0.3 is 5.69 Å². The number of hydrogen-bond donors (Lipinski definition) is 1. The van der Waals surface area contributed by atoms with Gasteiger partial charge in [0, 0.05) is 17.1 Å². The number of nitrogens with two attached hydrogens (primary N) is 1. The molecule has 0 aliphatic rings. The molecule has 2 aromatic rings. The van der Waals surface area contributed by atoms with E-state index in [9.17, 15) is 4.79 Å². The quantitative estimate of drug-likeness (QED) is 0.845. The number of aromatic nitrogens is 2. The van der Waals surface area contributed by atoms with Gasteiger partial charge in [0.25, 0.3) is 0 Å². The van der Waals surface area contributed by atoms with E-state index in [-0.39, 0.29) is 5.69 Å². The lowest BCUT2D eigenvalue weighted by atomic mass is 10.3. The number of hydrogen-bond acceptors (Lipinski definition) is 4. The highest BCUT2D eigenvalue weighted by Crippen LogP contribution is 2.12. The second kappa shape index (κ2) is 5.56. The highest BCUT2D eigenvalue weighted by molar-refractivity contribution is 5.41. The van der Waals surface area contributed by atoms with Crippen LogP contribution in [0.3, 0.4) is 0 Å². The Morgan fingerprint density at radius 3 is 2.58 bits per heavy atom. The summed E-state index contributed by atoms with van der Waals surface area (Å²) in [7, 11) is 0. The van der Waals surface area contributed by atoms with Crippen molar-refractivity contribution in [3.8, 4) is 5.75 Å². The maximum absolute atomic E-state index is 11.7. The molecule has 0 spiro atoms. The lowest BCUT2D eigenvalue weighted by Crippen LogP contribution is -2.27. The van der Waals surface area contributed by atoms with Gasteiger partial charge in [0.2, 0.25) is 0 Å². The number of aryl methyl sites for hydroxylation is 2. The molecule has 2 rings (SSSR count). The Hall–Kier alpha value is -2.30. The number of anilines is 1. The first-order chi connectivity index (χ1) is 9.06. The highest BCUT2D eigenvalue weighted by Gasteiger charge is 2.03. The second-order valence-electron chi connectivity index (χ2n) is 4.39. The molecule has 100 valence electrons. The predicted molar refractivity (Wildman–Crippen MR) is 74.3 cm³/mol. The number of ether oxygens (including phenoxy) is 1. The molecular weight excluding hydrogens is 242 g/mol. The molecule has 0 aliphatic carbocycles. The van der Waals surface area contributed by atoms with Crippen LogP contribution >= 0.6 is 0 Å². The maximum atomic E-state index is 11.7. The third-order valence-corrected chi connectivity index (χ3v) is 2.81. The van der Waals surface area contributed by atoms with Gasteiger partial charge in [-0.15, -0.1) is 0 Å². The molecule has 1 heterocycles. The summed E-state index contributed by atoms with van der Waals surface area (Å²) in [4.78, 5) is 15.6. The van der Waals surface area contributed by atoms with Crippen molar-refractivity contribution in [2.75, 3.05) is 12.3 Å². The molecule has 2 N–H and O–H groups in total. The fourth-order valence-corrected chi connectivity index (χ4v) is 1.87. The Morgan fingerprint density at radius 1 is 1.26 bits per heavy atom. The average molecular weight is 259 g/mol. The Labute approximate surface area is 111 Å². The van der Waals surface area contributed by atoms with Crippen LogP contribution in [-0.2, 0) is 6.54 Å². The van der Waals surface area contributed by atoms with Crippen molar-refractivity contribution in [3.05, 3.63) is 52.2 Å². The fraction of sp³-hybridized carbons (Fsp3) is 0.286. The fourth-order valence-electron chi connectivity index (χ4n) is 1.87. The van der Waals surface area contributed by atoms with Crippen molar-refractivity contribution >= 4 is 5.69 Å². The average Bonchev–Trinajstić information content (AvgIpc) is 2.34. The minimum atomic E-state index is -0.238. The summed E-state index contributed by atoms with van der Waals surface area (Å²) in [6.07, 6.45) is 0. The van der Waals surface area contributed by atoms with Crippen LogP contribution in [0.2, 0.25) is 0 Å². The van der Waals surface area contributed by atoms with Crippen LogP contribution in [0.25, 0.3) is 0 Å². The van der Waals surface area contributed by atoms with Gasteiger partial charge in [0.15, 0.2) is 0 Å². The summed E-state index contributed by atoms with van der Waals surface area (Å²) in [6.45, 7) is 4.58. The molecule has 0 atom stereocenters. The van der Waals surface area contributed by atoms with E-state index in [0.29, 0.717) is 18.8 Å². The molecule has 0 saturated carbocycles. The normalized spacial score (nSPS) is 10.4. The SMILES string of the molecule is Cc1cc(C)n(CCOc2ccc(N)cc2)c(=O)n1. The molecule has 0 saturated heterocycles. The number of nitrogens with zero attached hydrogens (tertiary/aromatic N) is 2. The van der Waals surface area contributed by atoms with Gasteiger partial charge in [0.1, 0.15) is 12.4 Å². The van der Waals surface area contributed by atoms with Crippen LogP contribution in [0.15, 0.2) is 35.1 Å². The third-order valence-electron chi connectivity index (χ3n) is 2.81. The van der Waals surface area contributed by atoms with E-state index < -0.39 is 0 Å². The zero-order chi connectivity index (χ0) is 13.8. The van der Waals surface area contributed by atoms with Crippen molar-refractivity contribution in [2.24, 2.45) is 0 Å². The highest BCUT2D eigenvalue weighted by atomic mass is 16.5. The first-order valence-corrected chi connectivity index (χ1v) is 6.09. The van der Waals surface area contributed by atoms with Crippen molar-refractivity contribution in [1.82, 2.24) is 9.55 Å². The standard InChI is InChI=1S/C14H17N3O2/c1-10-9-11(2)17(14(18)16-10)7-8-19-13-5-3-12(15)4-6-13/h3-6,9H,7-8,15H2,1-2H3. The second-order valence-corrected chi connectivity index (χ2v) is 4.39. The topological polar surface area (TPSA) is 70.1 Å². The van der Waals surface area contributed by atoms with Gasteiger partial charge in [0.05, 0.1) is 6.54 Å². The molecule has 0 unspecified atom stereocenters. The molecular formula is C14H17N3O2. The Bertz CT molecular complexity index is 618. The summed E-state index contributed by atoms with van der Waals surface area (Å²) in [5.74, 6) is 0.736. The van der Waals surface area contributed by atoms with Gasteiger partial charge < -0.3 is 10.5 Å². The monoisotopic (exact) mass is 259 g/mol. The molecule has 5 nitrogen and oxygen atoms in total. The molecule has 0 aliphatic heterocycles. The Kier molecular flexibility index (Phi) is 3.85. The number of rotatable bonds is 4. The first kappa shape index (κ1) is 13.1. The van der Waals surface area contributed by atoms with Crippen molar-refractivity contribution < 1.29 is 4.74 Å². The van der Waals surface area contributed by atoms with Crippen molar-refractivity contribution in [1.29, 1.82) is 0 Å². The molecule has 0 bridgehead atoms. The van der Waals surface area contributed by atoms with E-state index in [4.69, 9.17) is 10.5 Å². The molecule has 0 radical (unpaired) electrons. The zero-order valence-electron chi connectivity index (χ0n) is 11.1. The van der Waals surface area contributed by atoms with E-state index in [1.165, 1.54) is 0 Å². The van der Waals surface area contributed by atoms with Crippen LogP contribution in [0.1, 0.15) is 11.4 Å². The summed E-state index contributed by atoms with van der Waals surface area (Å²) < 4.78 is 7.16. The van der Waals surface area contributed by atoms with Crippen LogP contribution in [-0.4, -0.2) is 16.2 Å². The van der Waals surface area contributed by atoms with Crippen LogP contribution in [0, 0.1) is 13.8 Å². The minimum absolute atomic E-state index is 0.238. The lowest BCUT2D eigenvalue weighted by Gasteiger charge is -2.11. The molecule has 0 amide bonds. The first-order valence-electron chi connectivity index (χ1n) is 6.09. The van der Waals surface area contributed by atoms with E-state index in [2.05, 4.69) is 4.98 Å². The lowest BCUT2D eigenvalue weighted by molar-refractivity contribution is 0.294. The number of benzene rings is 1. The van der Waals surface area contributed by atoms with E-state index in [1.54, 1.807) is 28.8 Å². The maximum Gasteiger partial charge on any atom is 0.348 e. The van der Waals surface area contributed by atoms with Crippen molar-refractivity contribution in [2.45, 2.75) is 20.4 Å². The van der Waals surface area contributed by atoms with E-state index in [0.717, 1.165) is 17.1 Å². The molecule has 0 fully saturated rings. The van der Waals surface area contributed by atoms with Crippen LogP contribution in [0.5, 0.6) is 5.75 Å². The molecule has 19 heavy (non-hydrogen) atoms. The summed E-state index contributed by atoms with van der Waals surface area (Å²) >= 11 is 0. The third kappa shape index (κ3) is 3.34.